The van der Waals surface area contributed by atoms with Crippen LogP contribution in [-0.2, 0) is 14.3 Å². The van der Waals surface area contributed by atoms with Crippen molar-refractivity contribution in [2.75, 3.05) is 14.2 Å². The molecule has 0 saturated heterocycles. The van der Waals surface area contributed by atoms with Crippen LogP contribution in [0.2, 0.25) is 5.02 Å². The first-order chi connectivity index (χ1) is 6.51. The van der Waals surface area contributed by atoms with Crippen molar-refractivity contribution in [3.8, 4) is 5.75 Å². The molecule has 0 aliphatic heterocycles. The smallest absolute Gasteiger partial charge is 0.296 e. The van der Waals surface area contributed by atoms with E-state index in [1.54, 1.807) is 0 Å². The molecule has 0 unspecified atom stereocenters. The largest absolute Gasteiger partial charge is 0.495 e. The van der Waals surface area contributed by atoms with E-state index in [9.17, 15) is 8.42 Å². The Bertz CT molecular complexity index is 427. The van der Waals surface area contributed by atoms with E-state index >= 15 is 0 Å². The van der Waals surface area contributed by atoms with Crippen LogP contribution in [0.15, 0.2) is 23.1 Å². The first-order valence-electron chi connectivity index (χ1n) is 3.65. The van der Waals surface area contributed by atoms with E-state index in [2.05, 4.69) is 4.18 Å². The molecular weight excluding hydrogens is 228 g/mol. The fraction of sp³-hybridized carbons (Fsp3) is 0.250. The molecule has 0 fully saturated rings. The van der Waals surface area contributed by atoms with Crippen LogP contribution in [0.25, 0.3) is 0 Å². The van der Waals surface area contributed by atoms with Gasteiger partial charge in [0.25, 0.3) is 10.1 Å². The Balaban J connectivity index is 3.22. The Morgan fingerprint density at radius 1 is 1.29 bits per heavy atom. The summed E-state index contributed by atoms with van der Waals surface area (Å²) >= 11 is 5.75. The van der Waals surface area contributed by atoms with Crippen molar-refractivity contribution < 1.29 is 17.3 Å². The van der Waals surface area contributed by atoms with Gasteiger partial charge in [0.15, 0.2) is 0 Å². The molecule has 0 N–H and O–H groups in total. The number of methoxy groups -OCH3 is 1. The van der Waals surface area contributed by atoms with Crippen molar-refractivity contribution >= 4 is 21.7 Å². The van der Waals surface area contributed by atoms with Crippen molar-refractivity contribution in [2.24, 2.45) is 0 Å². The second kappa shape index (κ2) is 4.16. The molecule has 78 valence electrons. The number of hydrogen-bond acceptors (Lipinski definition) is 4. The molecule has 0 saturated carbocycles. The molecule has 0 amide bonds. The number of halogens is 1. The van der Waals surface area contributed by atoms with Gasteiger partial charge in [-0.1, -0.05) is 11.6 Å². The van der Waals surface area contributed by atoms with Gasteiger partial charge in [-0.05, 0) is 18.2 Å². The second-order valence-corrected chi connectivity index (χ2v) is 4.54. The lowest BCUT2D eigenvalue weighted by Gasteiger charge is -2.05. The summed E-state index contributed by atoms with van der Waals surface area (Å²) in [6.45, 7) is 0. The van der Waals surface area contributed by atoms with E-state index < -0.39 is 10.1 Å². The lowest BCUT2D eigenvalue weighted by molar-refractivity contribution is 0.397. The normalized spacial score (nSPS) is 11.4. The fourth-order valence-electron chi connectivity index (χ4n) is 0.899. The molecule has 0 atom stereocenters. The minimum Gasteiger partial charge on any atom is -0.495 e. The lowest BCUT2D eigenvalue weighted by atomic mass is 10.3. The average molecular weight is 237 g/mol. The van der Waals surface area contributed by atoms with E-state index in [0.717, 1.165) is 7.11 Å². The molecule has 0 heterocycles. The third-order valence-corrected chi connectivity index (χ3v) is 3.20. The summed E-state index contributed by atoms with van der Waals surface area (Å²) in [5.41, 5.74) is 0. The summed E-state index contributed by atoms with van der Waals surface area (Å²) in [4.78, 5) is 0.00537. The summed E-state index contributed by atoms with van der Waals surface area (Å²) in [6.07, 6.45) is 0. The van der Waals surface area contributed by atoms with Crippen molar-refractivity contribution in [1.82, 2.24) is 0 Å². The maximum atomic E-state index is 11.2. The van der Waals surface area contributed by atoms with Crippen LogP contribution in [0.5, 0.6) is 5.75 Å². The maximum Gasteiger partial charge on any atom is 0.296 e. The molecule has 0 aliphatic rings. The Labute approximate surface area is 87.5 Å². The van der Waals surface area contributed by atoms with Crippen LogP contribution in [0, 0.1) is 0 Å². The maximum absolute atomic E-state index is 11.2. The van der Waals surface area contributed by atoms with E-state index in [0.29, 0.717) is 5.75 Å². The fourth-order valence-corrected chi connectivity index (χ4v) is 1.91. The van der Waals surface area contributed by atoms with Gasteiger partial charge in [-0.2, -0.15) is 8.42 Å². The Hall–Kier alpha value is -0.780. The highest BCUT2D eigenvalue weighted by Crippen LogP contribution is 2.27. The third-order valence-electron chi connectivity index (χ3n) is 1.63. The van der Waals surface area contributed by atoms with E-state index in [1.165, 1.54) is 25.3 Å². The molecule has 14 heavy (non-hydrogen) atoms. The quantitative estimate of drug-likeness (QED) is 0.750. The summed E-state index contributed by atoms with van der Waals surface area (Å²) in [6, 6.07) is 4.11. The monoisotopic (exact) mass is 236 g/mol. The molecule has 6 heteroatoms. The van der Waals surface area contributed by atoms with Crippen LogP contribution in [-0.4, -0.2) is 22.6 Å². The molecule has 0 spiro atoms. The van der Waals surface area contributed by atoms with Gasteiger partial charge in [0.05, 0.1) is 24.1 Å². The zero-order valence-electron chi connectivity index (χ0n) is 7.65. The summed E-state index contributed by atoms with van der Waals surface area (Å²) in [5, 5.41) is 0.227. The SMILES string of the molecule is COc1ccc(S(=O)(=O)OC)cc1Cl. The number of hydrogen-bond donors (Lipinski definition) is 0. The second-order valence-electron chi connectivity index (χ2n) is 2.42. The number of ether oxygens (including phenoxy) is 1. The van der Waals surface area contributed by atoms with Crippen molar-refractivity contribution in [3.05, 3.63) is 23.2 Å². The van der Waals surface area contributed by atoms with Crippen molar-refractivity contribution in [1.29, 1.82) is 0 Å². The van der Waals surface area contributed by atoms with Gasteiger partial charge in [-0.3, -0.25) is 4.18 Å². The van der Waals surface area contributed by atoms with E-state index in [-0.39, 0.29) is 9.92 Å². The molecule has 1 rings (SSSR count). The van der Waals surface area contributed by atoms with Gasteiger partial charge in [0.1, 0.15) is 5.75 Å². The van der Waals surface area contributed by atoms with Gasteiger partial charge in [-0.15, -0.1) is 0 Å². The Morgan fingerprint density at radius 3 is 2.36 bits per heavy atom. The predicted molar refractivity (Wildman–Crippen MR) is 52.2 cm³/mol. The van der Waals surface area contributed by atoms with Crippen molar-refractivity contribution in [2.45, 2.75) is 4.90 Å². The van der Waals surface area contributed by atoms with Crippen LogP contribution in [0.1, 0.15) is 0 Å². The first kappa shape index (κ1) is 11.3. The van der Waals surface area contributed by atoms with Gasteiger partial charge in [-0.25, -0.2) is 0 Å². The summed E-state index contributed by atoms with van der Waals surface area (Å²) in [5.74, 6) is 0.418. The zero-order valence-corrected chi connectivity index (χ0v) is 9.22. The van der Waals surface area contributed by atoms with Crippen LogP contribution < -0.4 is 4.74 Å². The molecule has 1 aromatic rings. The van der Waals surface area contributed by atoms with Crippen molar-refractivity contribution in [3.63, 3.8) is 0 Å². The summed E-state index contributed by atoms with van der Waals surface area (Å²) < 4.78 is 31.7. The number of rotatable bonds is 3. The minimum atomic E-state index is -3.69. The van der Waals surface area contributed by atoms with Crippen LogP contribution in [0.4, 0.5) is 0 Å². The van der Waals surface area contributed by atoms with Crippen LogP contribution in [0.3, 0.4) is 0 Å². The minimum absolute atomic E-state index is 0.00537. The highest BCUT2D eigenvalue weighted by atomic mass is 35.5. The van der Waals surface area contributed by atoms with E-state index in [1.807, 2.05) is 0 Å². The molecule has 0 aromatic heterocycles. The van der Waals surface area contributed by atoms with Crippen LogP contribution >= 0.6 is 11.6 Å². The molecular formula is C8H9ClO4S. The topological polar surface area (TPSA) is 52.6 Å². The third kappa shape index (κ3) is 2.17. The summed E-state index contributed by atoms with van der Waals surface area (Å²) in [7, 11) is -1.14. The number of benzene rings is 1. The predicted octanol–water partition coefficient (Wildman–Crippen LogP) is 1.68. The highest BCUT2D eigenvalue weighted by Gasteiger charge is 2.14. The van der Waals surface area contributed by atoms with Gasteiger partial charge >= 0.3 is 0 Å². The van der Waals surface area contributed by atoms with E-state index in [4.69, 9.17) is 16.3 Å². The molecule has 1 aromatic carbocycles. The molecule has 0 aliphatic carbocycles. The van der Waals surface area contributed by atoms with Gasteiger partial charge < -0.3 is 4.74 Å². The molecule has 0 bridgehead atoms. The molecule has 4 nitrogen and oxygen atoms in total. The standard InChI is InChI=1S/C8H9ClO4S/c1-12-8-4-3-6(5-7(8)9)14(10,11)13-2/h3-5H,1-2H3. The first-order valence-corrected chi connectivity index (χ1v) is 5.44. The highest BCUT2D eigenvalue weighted by molar-refractivity contribution is 7.86. The Morgan fingerprint density at radius 2 is 1.93 bits per heavy atom. The van der Waals surface area contributed by atoms with Gasteiger partial charge in [0, 0.05) is 0 Å². The zero-order chi connectivity index (χ0) is 10.8. The Kier molecular flexibility index (Phi) is 3.36. The molecule has 0 radical (unpaired) electrons. The lowest BCUT2D eigenvalue weighted by Crippen LogP contribution is -2.02. The average Bonchev–Trinajstić information content (AvgIpc) is 2.17. The van der Waals surface area contributed by atoms with Gasteiger partial charge in [0.2, 0.25) is 0 Å².